The van der Waals surface area contributed by atoms with Gasteiger partial charge in [0.15, 0.2) is 0 Å². The molecule has 0 saturated carbocycles. The third kappa shape index (κ3) is 11.3. The Bertz CT molecular complexity index is 212. The molecule has 0 unspecified atom stereocenters. The van der Waals surface area contributed by atoms with Crippen molar-refractivity contribution in [3.63, 3.8) is 0 Å². The topological polar surface area (TPSA) is 0 Å². The zero-order valence-electron chi connectivity index (χ0n) is 7.40. The van der Waals surface area contributed by atoms with Crippen molar-refractivity contribution >= 4 is 23.5 Å². The average Bonchev–Trinajstić information content (AvgIpc) is 2.16. The third-order valence-corrected chi connectivity index (χ3v) is 2.75. The van der Waals surface area contributed by atoms with Gasteiger partial charge in [-0.3, -0.25) is 0 Å². The summed E-state index contributed by atoms with van der Waals surface area (Å²) in [5.74, 6) is 7.11. The fourth-order valence-electron chi connectivity index (χ4n) is 0.536. The Hall–Kier alpha value is -0.700. The van der Waals surface area contributed by atoms with Crippen LogP contribution in [-0.4, -0.2) is 11.5 Å². The Kier molecular flexibility index (Phi) is 10.7. The second-order valence-corrected chi connectivity index (χ2v) is 4.06. The van der Waals surface area contributed by atoms with Crippen LogP contribution in [0.5, 0.6) is 0 Å². The van der Waals surface area contributed by atoms with Gasteiger partial charge >= 0.3 is 0 Å². The third-order valence-electron chi connectivity index (χ3n) is 1.05. The summed E-state index contributed by atoms with van der Waals surface area (Å²) in [6, 6.07) is 0. The van der Waals surface area contributed by atoms with Gasteiger partial charge in [0, 0.05) is 0 Å². The van der Waals surface area contributed by atoms with Crippen LogP contribution >= 0.6 is 23.5 Å². The molecule has 2 heteroatoms. The van der Waals surface area contributed by atoms with Crippen LogP contribution in [0.25, 0.3) is 0 Å². The summed E-state index contributed by atoms with van der Waals surface area (Å²) in [6.07, 6.45) is 14.7. The van der Waals surface area contributed by atoms with Gasteiger partial charge in [0.05, 0.1) is 0 Å². The van der Waals surface area contributed by atoms with E-state index in [-0.39, 0.29) is 0 Å². The Morgan fingerprint density at radius 3 is 1.77 bits per heavy atom. The van der Waals surface area contributed by atoms with Crippen molar-refractivity contribution in [3.05, 3.63) is 23.0 Å². The van der Waals surface area contributed by atoms with Gasteiger partial charge in [-0.15, -0.1) is 36.4 Å². The van der Waals surface area contributed by atoms with Gasteiger partial charge in [-0.05, 0) is 40.9 Å². The van der Waals surface area contributed by atoms with E-state index in [1.54, 1.807) is 35.7 Å². The van der Waals surface area contributed by atoms with Crippen LogP contribution in [0.1, 0.15) is 6.42 Å². The highest BCUT2D eigenvalue weighted by Crippen LogP contribution is 2.09. The van der Waals surface area contributed by atoms with Crippen molar-refractivity contribution in [1.82, 2.24) is 0 Å². The van der Waals surface area contributed by atoms with Gasteiger partial charge in [0.25, 0.3) is 0 Å². The van der Waals surface area contributed by atoms with E-state index < -0.39 is 0 Å². The summed E-state index contributed by atoms with van der Waals surface area (Å²) in [7, 11) is 0. The first-order valence-electron chi connectivity index (χ1n) is 3.87. The fraction of sp³-hybridized carbons (Fsp3) is 0.273. The van der Waals surface area contributed by atoms with Crippen LogP contribution in [0.15, 0.2) is 23.0 Å². The van der Waals surface area contributed by atoms with Crippen LogP contribution in [0, 0.1) is 24.7 Å². The number of rotatable bonds is 6. The highest BCUT2D eigenvalue weighted by atomic mass is 32.2. The maximum absolute atomic E-state index is 5.04. The predicted molar refractivity (Wildman–Crippen MR) is 65.5 cm³/mol. The molecular weight excluding hydrogens is 196 g/mol. The fourth-order valence-corrected chi connectivity index (χ4v) is 1.96. The Morgan fingerprint density at radius 1 is 0.923 bits per heavy atom. The molecule has 0 aromatic carbocycles. The van der Waals surface area contributed by atoms with Crippen molar-refractivity contribution in [2.75, 3.05) is 11.5 Å². The maximum Gasteiger partial charge on any atom is -0.00178 e. The highest BCUT2D eigenvalue weighted by Gasteiger charge is 1.85. The number of thioether (sulfide) groups is 2. The van der Waals surface area contributed by atoms with Crippen LogP contribution in [0.2, 0.25) is 0 Å². The molecule has 0 saturated heterocycles. The van der Waals surface area contributed by atoms with E-state index in [0.29, 0.717) is 0 Å². The molecule has 0 nitrogen and oxygen atoms in total. The van der Waals surface area contributed by atoms with Crippen LogP contribution in [-0.2, 0) is 0 Å². The minimum atomic E-state index is 1.11. The molecule has 0 atom stereocenters. The number of hydrogen-bond donors (Lipinski definition) is 0. The monoisotopic (exact) mass is 208 g/mol. The van der Waals surface area contributed by atoms with Crippen molar-refractivity contribution < 1.29 is 0 Å². The van der Waals surface area contributed by atoms with Crippen molar-refractivity contribution in [2.45, 2.75) is 6.42 Å². The standard InChI is InChI=1S/C11H12S2/c1-3-5-8-12-10-7-11-13-9-6-4-2/h1-2,5-6,8-9H,7,10-11H2. The summed E-state index contributed by atoms with van der Waals surface area (Å²) in [6.45, 7) is 0. The molecule has 0 aliphatic heterocycles. The number of hydrogen-bond acceptors (Lipinski definition) is 2. The molecule has 0 N–H and O–H groups in total. The first-order chi connectivity index (χ1) is 6.41. The first kappa shape index (κ1) is 12.3. The molecule has 0 aliphatic carbocycles. The summed E-state index contributed by atoms with van der Waals surface area (Å²) in [5, 5.41) is 3.89. The highest BCUT2D eigenvalue weighted by molar-refractivity contribution is 8.02. The molecule has 0 spiro atoms. The largest absolute Gasteiger partial charge is 0.133 e. The van der Waals surface area contributed by atoms with Crippen LogP contribution in [0.4, 0.5) is 0 Å². The van der Waals surface area contributed by atoms with E-state index in [1.165, 1.54) is 6.42 Å². The zero-order chi connectivity index (χ0) is 9.78. The van der Waals surface area contributed by atoms with Crippen molar-refractivity contribution in [3.8, 4) is 24.7 Å². The van der Waals surface area contributed by atoms with E-state index in [0.717, 1.165) is 11.5 Å². The lowest BCUT2D eigenvalue weighted by Gasteiger charge is -1.93. The second-order valence-electron chi connectivity index (χ2n) is 2.03. The second kappa shape index (κ2) is 11.3. The van der Waals surface area contributed by atoms with Gasteiger partial charge in [0.1, 0.15) is 0 Å². The van der Waals surface area contributed by atoms with Crippen molar-refractivity contribution in [1.29, 1.82) is 0 Å². The molecular formula is C11H12S2. The first-order valence-corrected chi connectivity index (χ1v) is 5.97. The van der Waals surface area contributed by atoms with E-state index in [1.807, 2.05) is 10.8 Å². The summed E-state index contributed by atoms with van der Waals surface area (Å²) in [5.41, 5.74) is 0. The summed E-state index contributed by atoms with van der Waals surface area (Å²) in [4.78, 5) is 0. The van der Waals surface area contributed by atoms with Gasteiger partial charge in [-0.25, -0.2) is 0 Å². The summed E-state index contributed by atoms with van der Waals surface area (Å²) >= 11 is 3.48. The molecule has 0 amide bonds. The van der Waals surface area contributed by atoms with Gasteiger partial charge in [-0.2, -0.15) is 0 Å². The molecule has 0 rings (SSSR count). The molecule has 68 valence electrons. The lowest BCUT2D eigenvalue weighted by molar-refractivity contribution is 1.13. The van der Waals surface area contributed by atoms with Crippen molar-refractivity contribution in [2.24, 2.45) is 0 Å². The van der Waals surface area contributed by atoms with Crippen LogP contribution in [0.3, 0.4) is 0 Å². The molecule has 13 heavy (non-hydrogen) atoms. The number of allylic oxidation sites excluding steroid dienone is 2. The van der Waals surface area contributed by atoms with Crippen LogP contribution < -0.4 is 0 Å². The van der Waals surface area contributed by atoms with E-state index in [9.17, 15) is 0 Å². The molecule has 0 heterocycles. The normalized spacial score (nSPS) is 10.3. The molecule has 0 bridgehead atoms. The van der Waals surface area contributed by atoms with Gasteiger partial charge in [0.2, 0.25) is 0 Å². The maximum atomic E-state index is 5.04. The quantitative estimate of drug-likeness (QED) is 0.486. The lowest BCUT2D eigenvalue weighted by atomic mass is 10.6. The minimum absolute atomic E-state index is 1.11. The SMILES string of the molecule is C#CC=CSCCCSC=CC#C. The Morgan fingerprint density at radius 2 is 1.38 bits per heavy atom. The smallest absolute Gasteiger partial charge is 0.00178 e. The van der Waals surface area contributed by atoms with E-state index >= 15 is 0 Å². The lowest BCUT2D eigenvalue weighted by Crippen LogP contribution is -1.79. The predicted octanol–water partition coefficient (Wildman–Crippen LogP) is 3.14. The number of terminal acetylenes is 2. The van der Waals surface area contributed by atoms with E-state index in [2.05, 4.69) is 11.8 Å². The molecule has 0 radical (unpaired) electrons. The molecule has 0 aliphatic rings. The van der Waals surface area contributed by atoms with Gasteiger partial charge < -0.3 is 0 Å². The molecule has 0 aromatic heterocycles. The van der Waals surface area contributed by atoms with E-state index in [4.69, 9.17) is 12.8 Å². The molecule has 0 fully saturated rings. The molecule has 0 aromatic rings. The minimum Gasteiger partial charge on any atom is -0.133 e. The summed E-state index contributed by atoms with van der Waals surface area (Å²) < 4.78 is 0. The Labute approximate surface area is 89.3 Å². The van der Waals surface area contributed by atoms with Gasteiger partial charge in [-0.1, -0.05) is 11.8 Å². The Balaban J connectivity index is 3.10. The average molecular weight is 208 g/mol. The zero-order valence-corrected chi connectivity index (χ0v) is 9.03.